The van der Waals surface area contributed by atoms with E-state index in [2.05, 4.69) is 43.1 Å². The number of aromatic nitrogens is 5. The summed E-state index contributed by atoms with van der Waals surface area (Å²) in [4.78, 5) is 4.06. The minimum Gasteiger partial charge on any atom is -0.299 e. The van der Waals surface area contributed by atoms with Crippen molar-refractivity contribution in [1.82, 2.24) is 30.9 Å². The van der Waals surface area contributed by atoms with E-state index in [1.165, 1.54) is 5.56 Å². The van der Waals surface area contributed by atoms with Crippen LogP contribution in [0.5, 0.6) is 0 Å². The highest BCUT2D eigenvalue weighted by molar-refractivity contribution is 5.30. The second kappa shape index (κ2) is 6.03. The summed E-state index contributed by atoms with van der Waals surface area (Å²) >= 11 is 0. The maximum absolute atomic E-state index is 4.06. The number of rotatable bonds is 5. The number of hydrogen-bond acceptors (Lipinski definition) is 5. The SMILES string of the molecule is c1ccc(C(NCc2nn[nH]n2)c2ccncc2)cc1. The zero-order valence-corrected chi connectivity index (χ0v) is 10.8. The monoisotopic (exact) mass is 266 g/mol. The van der Waals surface area contributed by atoms with Crippen LogP contribution in [0.25, 0.3) is 0 Å². The first-order chi connectivity index (χ1) is 9.93. The maximum Gasteiger partial charge on any atom is 0.188 e. The van der Waals surface area contributed by atoms with Gasteiger partial charge in [0, 0.05) is 12.4 Å². The average Bonchev–Trinajstić information content (AvgIpc) is 3.03. The minimum absolute atomic E-state index is 0.0673. The second-order valence-electron chi connectivity index (χ2n) is 4.33. The van der Waals surface area contributed by atoms with Gasteiger partial charge in [-0.3, -0.25) is 10.3 Å². The normalized spacial score (nSPS) is 12.2. The Kier molecular flexibility index (Phi) is 3.75. The molecule has 20 heavy (non-hydrogen) atoms. The van der Waals surface area contributed by atoms with Crippen molar-refractivity contribution in [2.75, 3.05) is 0 Å². The molecular weight excluding hydrogens is 252 g/mol. The van der Waals surface area contributed by atoms with E-state index < -0.39 is 0 Å². The van der Waals surface area contributed by atoms with Crippen molar-refractivity contribution in [3.8, 4) is 0 Å². The van der Waals surface area contributed by atoms with Crippen molar-refractivity contribution in [2.45, 2.75) is 12.6 Å². The fourth-order valence-electron chi connectivity index (χ4n) is 2.08. The highest BCUT2D eigenvalue weighted by atomic mass is 15.5. The molecule has 2 aromatic heterocycles. The molecule has 3 rings (SSSR count). The quantitative estimate of drug-likeness (QED) is 0.731. The molecule has 3 aromatic rings. The van der Waals surface area contributed by atoms with Gasteiger partial charge in [-0.25, -0.2) is 0 Å². The van der Waals surface area contributed by atoms with Gasteiger partial charge in [0.05, 0.1) is 12.6 Å². The molecule has 0 saturated heterocycles. The summed E-state index contributed by atoms with van der Waals surface area (Å²) in [6.07, 6.45) is 3.59. The Hall–Kier alpha value is -2.60. The molecule has 0 amide bonds. The molecule has 0 aliphatic carbocycles. The summed E-state index contributed by atoms with van der Waals surface area (Å²) in [7, 11) is 0. The van der Waals surface area contributed by atoms with Gasteiger partial charge < -0.3 is 0 Å². The van der Waals surface area contributed by atoms with Gasteiger partial charge in [-0.15, -0.1) is 10.2 Å². The Morgan fingerprint density at radius 2 is 1.75 bits per heavy atom. The highest BCUT2D eigenvalue weighted by Gasteiger charge is 2.13. The van der Waals surface area contributed by atoms with Crippen LogP contribution in [-0.2, 0) is 6.54 Å². The number of nitrogens with zero attached hydrogens (tertiary/aromatic N) is 4. The number of tetrazole rings is 1. The summed E-state index contributed by atoms with van der Waals surface area (Å²) in [5.74, 6) is 0.639. The topological polar surface area (TPSA) is 79.4 Å². The van der Waals surface area contributed by atoms with Crippen LogP contribution < -0.4 is 5.32 Å². The van der Waals surface area contributed by atoms with E-state index in [0.717, 1.165) is 5.56 Å². The van der Waals surface area contributed by atoms with Crippen molar-refractivity contribution in [2.24, 2.45) is 0 Å². The third-order valence-corrected chi connectivity index (χ3v) is 3.03. The summed E-state index contributed by atoms with van der Waals surface area (Å²) in [5, 5.41) is 17.4. The lowest BCUT2D eigenvalue weighted by Gasteiger charge is -2.18. The van der Waals surface area contributed by atoms with Crippen molar-refractivity contribution >= 4 is 0 Å². The van der Waals surface area contributed by atoms with Crippen LogP contribution >= 0.6 is 0 Å². The Bertz CT molecular complexity index is 584. The first-order valence-corrected chi connectivity index (χ1v) is 6.34. The van der Waals surface area contributed by atoms with Gasteiger partial charge in [-0.05, 0) is 23.3 Å². The number of benzene rings is 1. The van der Waals surface area contributed by atoms with E-state index in [1.807, 2.05) is 30.3 Å². The molecule has 0 radical (unpaired) electrons. The Morgan fingerprint density at radius 1 is 1.00 bits per heavy atom. The predicted octanol–water partition coefficient (Wildman–Crippen LogP) is 1.47. The van der Waals surface area contributed by atoms with Crippen LogP contribution in [0.4, 0.5) is 0 Å². The van der Waals surface area contributed by atoms with E-state index in [9.17, 15) is 0 Å². The number of nitrogens with one attached hydrogen (secondary N) is 2. The zero-order chi connectivity index (χ0) is 13.6. The van der Waals surface area contributed by atoms with Crippen LogP contribution in [-0.4, -0.2) is 25.6 Å². The van der Waals surface area contributed by atoms with Gasteiger partial charge in [0.2, 0.25) is 0 Å². The van der Waals surface area contributed by atoms with Gasteiger partial charge in [0.25, 0.3) is 0 Å². The van der Waals surface area contributed by atoms with Crippen molar-refractivity contribution in [1.29, 1.82) is 0 Å². The van der Waals surface area contributed by atoms with Gasteiger partial charge in [-0.1, -0.05) is 35.5 Å². The van der Waals surface area contributed by atoms with E-state index in [-0.39, 0.29) is 6.04 Å². The Labute approximate surface area is 116 Å². The molecule has 0 fully saturated rings. The molecular formula is C14H14N6. The smallest absolute Gasteiger partial charge is 0.188 e. The van der Waals surface area contributed by atoms with E-state index in [1.54, 1.807) is 12.4 Å². The van der Waals surface area contributed by atoms with Gasteiger partial charge >= 0.3 is 0 Å². The van der Waals surface area contributed by atoms with Crippen molar-refractivity contribution in [3.63, 3.8) is 0 Å². The van der Waals surface area contributed by atoms with Crippen LogP contribution in [0.2, 0.25) is 0 Å². The molecule has 1 aromatic carbocycles. The standard InChI is InChI=1S/C14H14N6/c1-2-4-11(5-3-1)14(12-6-8-15-9-7-12)16-10-13-17-19-20-18-13/h1-9,14,16H,10H2,(H,17,18,19,20). The number of aromatic amines is 1. The first kappa shape index (κ1) is 12.4. The van der Waals surface area contributed by atoms with Gasteiger partial charge in [-0.2, -0.15) is 5.21 Å². The molecule has 6 nitrogen and oxygen atoms in total. The van der Waals surface area contributed by atoms with Gasteiger partial charge in [0.1, 0.15) is 0 Å². The lowest BCUT2D eigenvalue weighted by atomic mass is 10.00. The summed E-state index contributed by atoms with van der Waals surface area (Å²) in [6.45, 7) is 0.540. The molecule has 0 aliphatic heterocycles. The Balaban J connectivity index is 1.84. The zero-order valence-electron chi connectivity index (χ0n) is 10.8. The summed E-state index contributed by atoms with van der Waals surface area (Å²) in [5.41, 5.74) is 2.33. The van der Waals surface area contributed by atoms with Gasteiger partial charge in [0.15, 0.2) is 5.82 Å². The van der Waals surface area contributed by atoms with Crippen LogP contribution in [0.3, 0.4) is 0 Å². The second-order valence-corrected chi connectivity index (χ2v) is 4.33. The highest BCUT2D eigenvalue weighted by Crippen LogP contribution is 2.21. The molecule has 0 aliphatic rings. The third kappa shape index (κ3) is 2.86. The fourth-order valence-corrected chi connectivity index (χ4v) is 2.08. The molecule has 0 spiro atoms. The Morgan fingerprint density at radius 3 is 2.45 bits per heavy atom. The molecule has 0 saturated carbocycles. The van der Waals surface area contributed by atoms with E-state index in [4.69, 9.17) is 0 Å². The van der Waals surface area contributed by atoms with Crippen LogP contribution in [0.1, 0.15) is 23.0 Å². The number of hydrogen-bond donors (Lipinski definition) is 2. The molecule has 6 heteroatoms. The minimum atomic E-state index is 0.0673. The van der Waals surface area contributed by atoms with Crippen LogP contribution in [0.15, 0.2) is 54.9 Å². The number of H-pyrrole nitrogens is 1. The molecule has 0 bridgehead atoms. The molecule has 1 unspecified atom stereocenters. The predicted molar refractivity (Wildman–Crippen MR) is 73.5 cm³/mol. The van der Waals surface area contributed by atoms with E-state index in [0.29, 0.717) is 12.4 Å². The maximum atomic E-state index is 4.06. The number of pyridine rings is 1. The largest absolute Gasteiger partial charge is 0.299 e. The van der Waals surface area contributed by atoms with Crippen molar-refractivity contribution in [3.05, 3.63) is 71.8 Å². The lowest BCUT2D eigenvalue weighted by molar-refractivity contribution is 0.586. The molecule has 100 valence electrons. The molecule has 1 atom stereocenters. The molecule has 2 N–H and O–H groups in total. The lowest BCUT2D eigenvalue weighted by Crippen LogP contribution is -2.22. The molecule has 2 heterocycles. The fraction of sp³-hybridized carbons (Fsp3) is 0.143. The summed E-state index contributed by atoms with van der Waals surface area (Å²) < 4.78 is 0. The van der Waals surface area contributed by atoms with Crippen molar-refractivity contribution < 1.29 is 0 Å². The van der Waals surface area contributed by atoms with E-state index >= 15 is 0 Å². The third-order valence-electron chi connectivity index (χ3n) is 3.03. The van der Waals surface area contributed by atoms with Crippen LogP contribution in [0, 0.1) is 0 Å². The summed E-state index contributed by atoms with van der Waals surface area (Å²) in [6, 6.07) is 14.3. The average molecular weight is 266 g/mol. The first-order valence-electron chi connectivity index (χ1n) is 6.34.